The highest BCUT2D eigenvalue weighted by Gasteiger charge is 2.15. The number of thiazole rings is 1. The minimum absolute atomic E-state index is 0.0815. The number of para-hydroxylation sites is 1. The number of amides is 1. The van der Waals surface area contributed by atoms with Crippen LogP contribution in [0.5, 0.6) is 0 Å². The molecule has 0 aliphatic carbocycles. The van der Waals surface area contributed by atoms with Crippen molar-refractivity contribution in [3.8, 4) is 0 Å². The number of fused-ring (bicyclic) bond motifs is 2. The van der Waals surface area contributed by atoms with Crippen LogP contribution in [0, 0.1) is 0 Å². The lowest BCUT2D eigenvalue weighted by Crippen LogP contribution is -2.22. The zero-order valence-corrected chi connectivity index (χ0v) is 16.5. The van der Waals surface area contributed by atoms with Crippen LogP contribution < -0.4 is 4.80 Å². The van der Waals surface area contributed by atoms with Crippen molar-refractivity contribution in [2.75, 3.05) is 7.11 Å². The molecule has 0 unspecified atom stereocenters. The number of nitrogens with zero attached hydrogens (tertiary/aromatic N) is 2. The van der Waals surface area contributed by atoms with Crippen molar-refractivity contribution >= 4 is 55.8 Å². The minimum Gasteiger partial charge on any atom is -0.468 e. The summed E-state index contributed by atoms with van der Waals surface area (Å²) in [5, 5.41) is 2.28. The Morgan fingerprint density at radius 1 is 1.07 bits per heavy atom. The van der Waals surface area contributed by atoms with Crippen molar-refractivity contribution in [3.63, 3.8) is 0 Å². The van der Waals surface area contributed by atoms with Crippen LogP contribution in [0.4, 0.5) is 0 Å². The molecule has 5 nitrogen and oxygen atoms in total. The van der Waals surface area contributed by atoms with Gasteiger partial charge in [0, 0.05) is 5.56 Å². The number of methoxy groups -OCH3 is 1. The van der Waals surface area contributed by atoms with E-state index in [0.29, 0.717) is 20.9 Å². The molecular formula is C21H15ClN2O3S. The quantitative estimate of drug-likeness (QED) is 0.469. The molecule has 3 aromatic carbocycles. The Bertz CT molecular complexity index is 1280. The lowest BCUT2D eigenvalue weighted by molar-refractivity contribution is -0.141. The monoisotopic (exact) mass is 410 g/mol. The fourth-order valence-electron chi connectivity index (χ4n) is 3.07. The van der Waals surface area contributed by atoms with E-state index in [1.54, 1.807) is 16.7 Å². The average molecular weight is 411 g/mol. The fraction of sp³-hybridized carbons (Fsp3) is 0.0952. The van der Waals surface area contributed by atoms with E-state index in [1.807, 2.05) is 48.5 Å². The van der Waals surface area contributed by atoms with Crippen LogP contribution in [0.25, 0.3) is 21.0 Å². The Morgan fingerprint density at radius 2 is 1.82 bits per heavy atom. The maximum absolute atomic E-state index is 13.0. The van der Waals surface area contributed by atoms with Crippen molar-refractivity contribution in [1.29, 1.82) is 0 Å². The van der Waals surface area contributed by atoms with Crippen LogP contribution in [-0.4, -0.2) is 23.6 Å². The topological polar surface area (TPSA) is 60.7 Å². The van der Waals surface area contributed by atoms with Gasteiger partial charge in [-0.3, -0.25) is 9.59 Å². The lowest BCUT2D eigenvalue weighted by atomic mass is 10.0. The number of benzene rings is 3. The normalized spacial score (nSPS) is 11.9. The summed E-state index contributed by atoms with van der Waals surface area (Å²) in [6.45, 7) is -0.0815. The van der Waals surface area contributed by atoms with E-state index in [2.05, 4.69) is 4.99 Å². The van der Waals surface area contributed by atoms with Crippen molar-refractivity contribution < 1.29 is 14.3 Å². The molecular weight excluding hydrogens is 396 g/mol. The Kier molecular flexibility index (Phi) is 4.98. The number of ether oxygens (including phenoxy) is 1. The first-order chi connectivity index (χ1) is 13.6. The van der Waals surface area contributed by atoms with Gasteiger partial charge in [-0.25, -0.2) is 0 Å². The average Bonchev–Trinajstić information content (AvgIpc) is 3.05. The van der Waals surface area contributed by atoms with E-state index >= 15 is 0 Å². The molecule has 28 heavy (non-hydrogen) atoms. The van der Waals surface area contributed by atoms with Gasteiger partial charge in [0.05, 0.1) is 22.3 Å². The summed E-state index contributed by atoms with van der Waals surface area (Å²) in [5.74, 6) is -0.822. The number of esters is 1. The molecule has 140 valence electrons. The molecule has 0 radical (unpaired) electrons. The predicted molar refractivity (Wildman–Crippen MR) is 111 cm³/mol. The van der Waals surface area contributed by atoms with E-state index in [9.17, 15) is 9.59 Å². The molecule has 7 heteroatoms. The van der Waals surface area contributed by atoms with Crippen LogP contribution in [0.1, 0.15) is 10.4 Å². The summed E-state index contributed by atoms with van der Waals surface area (Å²) in [6, 6.07) is 18.6. The number of hydrogen-bond acceptors (Lipinski definition) is 4. The van der Waals surface area contributed by atoms with Gasteiger partial charge in [-0.15, -0.1) is 0 Å². The number of aromatic nitrogens is 1. The summed E-state index contributed by atoms with van der Waals surface area (Å²) in [6.07, 6.45) is 0. The summed E-state index contributed by atoms with van der Waals surface area (Å²) in [5.41, 5.74) is 1.16. The number of carbonyl (C=O) groups is 2. The van der Waals surface area contributed by atoms with Gasteiger partial charge in [0.15, 0.2) is 4.80 Å². The first-order valence-electron chi connectivity index (χ1n) is 8.50. The van der Waals surface area contributed by atoms with Gasteiger partial charge >= 0.3 is 5.97 Å². The van der Waals surface area contributed by atoms with E-state index < -0.39 is 5.97 Å². The number of hydrogen-bond donors (Lipinski definition) is 0. The summed E-state index contributed by atoms with van der Waals surface area (Å²) in [7, 11) is 1.32. The molecule has 1 aromatic heterocycles. The van der Waals surface area contributed by atoms with E-state index in [1.165, 1.54) is 18.4 Å². The maximum atomic E-state index is 13.0. The standard InChI is InChI=1S/C21H15ClN2O3S/c1-27-18(25)12-24-19-16(22)10-5-11-17(19)28-21(24)23-20(26)15-9-4-7-13-6-2-3-8-14(13)15/h2-11H,12H2,1H3. The zero-order chi connectivity index (χ0) is 19.7. The first kappa shape index (κ1) is 18.4. The van der Waals surface area contributed by atoms with Gasteiger partial charge in [-0.2, -0.15) is 4.99 Å². The number of halogens is 1. The molecule has 4 rings (SSSR count). The molecule has 0 fully saturated rings. The fourth-order valence-corrected chi connectivity index (χ4v) is 4.46. The molecule has 0 saturated carbocycles. The van der Waals surface area contributed by atoms with E-state index in [0.717, 1.165) is 15.5 Å². The van der Waals surface area contributed by atoms with E-state index in [4.69, 9.17) is 16.3 Å². The third-order valence-corrected chi connectivity index (χ3v) is 5.73. The Balaban J connectivity index is 1.91. The second kappa shape index (κ2) is 7.58. The van der Waals surface area contributed by atoms with Crippen molar-refractivity contribution in [3.05, 3.63) is 76.1 Å². The summed E-state index contributed by atoms with van der Waals surface area (Å²) >= 11 is 7.64. The van der Waals surface area contributed by atoms with E-state index in [-0.39, 0.29) is 12.5 Å². The molecule has 0 N–H and O–H groups in total. The van der Waals surface area contributed by atoms with Crippen LogP contribution in [0.2, 0.25) is 5.02 Å². The Hall–Kier alpha value is -2.96. The molecule has 4 aromatic rings. The van der Waals surface area contributed by atoms with Crippen molar-refractivity contribution in [2.24, 2.45) is 4.99 Å². The molecule has 1 heterocycles. The molecule has 0 aliphatic heterocycles. The summed E-state index contributed by atoms with van der Waals surface area (Å²) in [4.78, 5) is 29.6. The number of carbonyl (C=O) groups excluding carboxylic acids is 2. The van der Waals surface area contributed by atoms with Gasteiger partial charge in [0.25, 0.3) is 5.91 Å². The van der Waals surface area contributed by atoms with Gasteiger partial charge in [-0.1, -0.05) is 65.4 Å². The van der Waals surface area contributed by atoms with Gasteiger partial charge in [0.2, 0.25) is 0 Å². The highest BCUT2D eigenvalue weighted by atomic mass is 35.5. The Morgan fingerprint density at radius 3 is 2.64 bits per heavy atom. The second-order valence-electron chi connectivity index (χ2n) is 6.08. The van der Waals surface area contributed by atoms with Crippen molar-refractivity contribution in [1.82, 2.24) is 4.57 Å². The third-order valence-electron chi connectivity index (χ3n) is 4.38. The second-order valence-corrected chi connectivity index (χ2v) is 7.49. The Labute approximate surface area is 169 Å². The van der Waals surface area contributed by atoms with Crippen LogP contribution in [0.15, 0.2) is 65.7 Å². The molecule has 0 bridgehead atoms. The number of rotatable bonds is 3. The third kappa shape index (κ3) is 3.32. The summed E-state index contributed by atoms with van der Waals surface area (Å²) < 4.78 is 7.25. The van der Waals surface area contributed by atoms with Gasteiger partial charge in [-0.05, 0) is 29.0 Å². The minimum atomic E-state index is -0.446. The first-order valence-corrected chi connectivity index (χ1v) is 9.69. The SMILES string of the molecule is COC(=O)Cn1c(=NC(=O)c2cccc3ccccc23)sc2cccc(Cl)c21. The molecule has 0 saturated heterocycles. The van der Waals surface area contributed by atoms with Gasteiger partial charge in [0.1, 0.15) is 6.54 Å². The van der Waals surface area contributed by atoms with Crippen LogP contribution in [-0.2, 0) is 16.1 Å². The highest BCUT2D eigenvalue weighted by Crippen LogP contribution is 2.26. The lowest BCUT2D eigenvalue weighted by Gasteiger charge is -2.05. The molecule has 1 amide bonds. The molecule has 0 aliphatic rings. The maximum Gasteiger partial charge on any atom is 0.325 e. The molecule has 0 spiro atoms. The largest absolute Gasteiger partial charge is 0.468 e. The van der Waals surface area contributed by atoms with Crippen LogP contribution >= 0.6 is 22.9 Å². The zero-order valence-electron chi connectivity index (χ0n) is 14.9. The van der Waals surface area contributed by atoms with Crippen LogP contribution in [0.3, 0.4) is 0 Å². The predicted octanol–water partition coefficient (Wildman–Crippen LogP) is 4.42. The molecule has 0 atom stereocenters. The highest BCUT2D eigenvalue weighted by molar-refractivity contribution is 7.16. The van der Waals surface area contributed by atoms with Crippen molar-refractivity contribution in [2.45, 2.75) is 6.54 Å². The van der Waals surface area contributed by atoms with Gasteiger partial charge < -0.3 is 9.30 Å². The smallest absolute Gasteiger partial charge is 0.325 e.